The fraction of sp³-hybridized carbons (Fsp3) is 0.350. The third kappa shape index (κ3) is 4.56. The van der Waals surface area contributed by atoms with Crippen LogP contribution in [0, 0.1) is 32.5 Å². The third-order valence-corrected chi connectivity index (χ3v) is 5.69. The molecule has 8 heteroatoms. The number of esters is 1. The molecule has 148 valence electrons. The molecule has 3 rings (SSSR count). The number of anilines is 2. The maximum absolute atomic E-state index is 13.6. The van der Waals surface area contributed by atoms with Crippen molar-refractivity contribution >= 4 is 39.8 Å². The number of carbonyl (C=O) groups excluding carboxylic acids is 3. The van der Waals surface area contributed by atoms with Crippen LogP contribution in [0.2, 0.25) is 0 Å². The van der Waals surface area contributed by atoms with E-state index < -0.39 is 24.3 Å². The number of benzene rings is 1. The minimum absolute atomic E-state index is 0.00673. The van der Waals surface area contributed by atoms with Gasteiger partial charge in [-0.25, -0.2) is 9.18 Å². The van der Waals surface area contributed by atoms with E-state index in [0.29, 0.717) is 16.1 Å². The van der Waals surface area contributed by atoms with E-state index in [1.807, 2.05) is 6.92 Å². The summed E-state index contributed by atoms with van der Waals surface area (Å²) < 4.78 is 18.7. The van der Waals surface area contributed by atoms with Crippen LogP contribution in [-0.4, -0.2) is 24.4 Å². The first-order valence-corrected chi connectivity index (χ1v) is 9.72. The predicted octanol–water partition coefficient (Wildman–Crippen LogP) is 3.96. The summed E-state index contributed by atoms with van der Waals surface area (Å²) in [5.41, 5.74) is 1.73. The molecule has 1 aliphatic rings. The van der Waals surface area contributed by atoms with Crippen molar-refractivity contribution in [2.75, 3.05) is 17.2 Å². The molecule has 2 amide bonds. The second-order valence-corrected chi connectivity index (χ2v) is 8.06. The summed E-state index contributed by atoms with van der Waals surface area (Å²) in [7, 11) is 0. The van der Waals surface area contributed by atoms with Crippen molar-refractivity contribution in [2.45, 2.75) is 33.6 Å². The minimum atomic E-state index is -0.682. The largest absolute Gasteiger partial charge is 0.452 e. The molecule has 0 atom stereocenters. The van der Waals surface area contributed by atoms with Gasteiger partial charge in [0.15, 0.2) is 6.61 Å². The Labute approximate surface area is 166 Å². The zero-order valence-electron chi connectivity index (χ0n) is 15.8. The Morgan fingerprint density at radius 3 is 2.54 bits per heavy atom. The summed E-state index contributed by atoms with van der Waals surface area (Å²) in [6, 6.07) is 4.31. The first-order chi connectivity index (χ1) is 13.3. The highest BCUT2D eigenvalue weighted by Crippen LogP contribution is 2.36. The average molecular weight is 404 g/mol. The van der Waals surface area contributed by atoms with Gasteiger partial charge in [0.1, 0.15) is 10.8 Å². The number of hydrogen-bond donors (Lipinski definition) is 2. The molecule has 1 saturated carbocycles. The van der Waals surface area contributed by atoms with Gasteiger partial charge >= 0.3 is 5.97 Å². The van der Waals surface area contributed by atoms with E-state index in [-0.39, 0.29) is 23.1 Å². The van der Waals surface area contributed by atoms with E-state index in [0.717, 1.165) is 17.7 Å². The summed E-state index contributed by atoms with van der Waals surface area (Å²) in [5, 5.41) is 5.72. The molecule has 1 aromatic heterocycles. The lowest BCUT2D eigenvalue weighted by Gasteiger charge is -2.09. The molecule has 1 heterocycles. The molecule has 28 heavy (non-hydrogen) atoms. The van der Waals surface area contributed by atoms with E-state index >= 15 is 0 Å². The predicted molar refractivity (Wildman–Crippen MR) is 105 cm³/mol. The van der Waals surface area contributed by atoms with Crippen LogP contribution in [0.4, 0.5) is 15.1 Å². The highest BCUT2D eigenvalue weighted by atomic mass is 32.1. The van der Waals surface area contributed by atoms with Gasteiger partial charge in [-0.1, -0.05) is 6.07 Å². The summed E-state index contributed by atoms with van der Waals surface area (Å²) in [6.45, 7) is 4.72. The lowest BCUT2D eigenvalue weighted by molar-refractivity contribution is -0.119. The minimum Gasteiger partial charge on any atom is -0.452 e. The van der Waals surface area contributed by atoms with Crippen LogP contribution in [0.3, 0.4) is 0 Å². The number of carbonyl (C=O) groups is 3. The van der Waals surface area contributed by atoms with Gasteiger partial charge in [0.05, 0.1) is 5.56 Å². The molecule has 2 aromatic rings. The van der Waals surface area contributed by atoms with Gasteiger partial charge < -0.3 is 15.4 Å². The van der Waals surface area contributed by atoms with Gasteiger partial charge in [0, 0.05) is 16.5 Å². The molecule has 0 spiro atoms. The molecular weight excluding hydrogens is 383 g/mol. The van der Waals surface area contributed by atoms with Crippen molar-refractivity contribution in [3.05, 3.63) is 45.6 Å². The molecule has 1 aliphatic carbocycles. The normalized spacial score (nSPS) is 13.1. The topological polar surface area (TPSA) is 84.5 Å². The number of hydrogen-bond acceptors (Lipinski definition) is 5. The van der Waals surface area contributed by atoms with E-state index in [1.54, 1.807) is 26.0 Å². The van der Waals surface area contributed by atoms with Gasteiger partial charge in [-0.15, -0.1) is 11.3 Å². The highest BCUT2D eigenvalue weighted by Gasteiger charge is 2.31. The van der Waals surface area contributed by atoms with Gasteiger partial charge in [0.2, 0.25) is 5.91 Å². The standard InChI is InChI=1S/C20H21FN2O4S/c1-10-4-7-14(8-15(10)21)22-16(24)9-27-20(26)17-11(2)12(3)28-19(17)23-18(25)13-5-6-13/h4,7-8,13H,5-6,9H2,1-3H3,(H,22,24)(H,23,25). The van der Waals surface area contributed by atoms with Gasteiger partial charge in [-0.05, 0) is 56.9 Å². The van der Waals surface area contributed by atoms with Gasteiger partial charge in [0.25, 0.3) is 5.91 Å². The summed E-state index contributed by atoms with van der Waals surface area (Å²) in [6.07, 6.45) is 1.71. The van der Waals surface area contributed by atoms with Crippen LogP contribution in [0.25, 0.3) is 0 Å². The number of aryl methyl sites for hydroxylation is 2. The molecule has 0 bridgehead atoms. The Kier molecular flexibility index (Phi) is 5.79. The van der Waals surface area contributed by atoms with Crippen molar-refractivity contribution in [3.63, 3.8) is 0 Å². The molecule has 2 N–H and O–H groups in total. The van der Waals surface area contributed by atoms with Crippen molar-refractivity contribution in [1.29, 1.82) is 0 Å². The second-order valence-electron chi connectivity index (χ2n) is 6.84. The number of ether oxygens (including phenoxy) is 1. The zero-order chi connectivity index (χ0) is 20.4. The summed E-state index contributed by atoms with van der Waals surface area (Å²) in [5.74, 6) is -1.79. The Bertz CT molecular complexity index is 950. The first kappa shape index (κ1) is 20.0. The molecule has 0 unspecified atom stereocenters. The Hall–Kier alpha value is -2.74. The molecule has 1 fully saturated rings. The number of rotatable bonds is 6. The van der Waals surface area contributed by atoms with Crippen LogP contribution in [0.5, 0.6) is 0 Å². The molecule has 1 aromatic carbocycles. The number of halogens is 1. The Morgan fingerprint density at radius 1 is 1.18 bits per heavy atom. The fourth-order valence-corrected chi connectivity index (χ4v) is 3.64. The molecule has 0 radical (unpaired) electrons. The van der Waals surface area contributed by atoms with Crippen LogP contribution in [0.15, 0.2) is 18.2 Å². The third-order valence-electron chi connectivity index (χ3n) is 4.56. The average Bonchev–Trinajstić information content (AvgIpc) is 3.44. The maximum atomic E-state index is 13.6. The van der Waals surface area contributed by atoms with Crippen LogP contribution in [-0.2, 0) is 14.3 Å². The SMILES string of the molecule is Cc1ccc(NC(=O)COC(=O)c2c(NC(=O)C3CC3)sc(C)c2C)cc1F. The zero-order valence-corrected chi connectivity index (χ0v) is 16.7. The van der Waals surface area contributed by atoms with Crippen molar-refractivity contribution in [3.8, 4) is 0 Å². The van der Waals surface area contributed by atoms with Gasteiger partial charge in [-0.3, -0.25) is 9.59 Å². The van der Waals surface area contributed by atoms with Crippen LogP contribution < -0.4 is 10.6 Å². The Balaban J connectivity index is 1.63. The fourth-order valence-electron chi connectivity index (χ4n) is 2.59. The van der Waals surface area contributed by atoms with Crippen molar-refractivity contribution < 1.29 is 23.5 Å². The number of amides is 2. The van der Waals surface area contributed by atoms with Crippen molar-refractivity contribution in [1.82, 2.24) is 0 Å². The van der Waals surface area contributed by atoms with Crippen LogP contribution >= 0.6 is 11.3 Å². The van der Waals surface area contributed by atoms with E-state index in [1.165, 1.54) is 17.4 Å². The Morgan fingerprint density at radius 2 is 1.89 bits per heavy atom. The van der Waals surface area contributed by atoms with Crippen LogP contribution in [0.1, 0.15) is 39.2 Å². The number of thiophene rings is 1. The lowest BCUT2D eigenvalue weighted by atomic mass is 10.1. The quantitative estimate of drug-likeness (QED) is 0.714. The number of nitrogens with one attached hydrogen (secondary N) is 2. The molecular formula is C20H21FN2O4S. The highest BCUT2D eigenvalue weighted by molar-refractivity contribution is 7.16. The maximum Gasteiger partial charge on any atom is 0.341 e. The smallest absolute Gasteiger partial charge is 0.341 e. The molecule has 0 saturated heterocycles. The van der Waals surface area contributed by atoms with E-state index in [9.17, 15) is 18.8 Å². The molecule has 0 aliphatic heterocycles. The van der Waals surface area contributed by atoms with E-state index in [2.05, 4.69) is 10.6 Å². The second kappa shape index (κ2) is 8.10. The monoisotopic (exact) mass is 404 g/mol. The first-order valence-electron chi connectivity index (χ1n) is 8.90. The molecule has 6 nitrogen and oxygen atoms in total. The lowest BCUT2D eigenvalue weighted by Crippen LogP contribution is -2.22. The van der Waals surface area contributed by atoms with Gasteiger partial charge in [-0.2, -0.15) is 0 Å². The summed E-state index contributed by atoms with van der Waals surface area (Å²) >= 11 is 1.31. The summed E-state index contributed by atoms with van der Waals surface area (Å²) in [4.78, 5) is 37.5. The van der Waals surface area contributed by atoms with Crippen molar-refractivity contribution in [2.24, 2.45) is 5.92 Å². The van der Waals surface area contributed by atoms with E-state index in [4.69, 9.17) is 4.74 Å².